The molecule has 0 radical (unpaired) electrons. The zero-order valence-electron chi connectivity index (χ0n) is 15.2. The third kappa shape index (κ3) is 6.93. The number of hydrogen-bond donors (Lipinski definition) is 2. The highest BCUT2D eigenvalue weighted by Crippen LogP contribution is 2.08. The summed E-state index contributed by atoms with van der Waals surface area (Å²) < 4.78 is 0. The normalized spacial score (nSPS) is 11.8. The fourth-order valence-corrected chi connectivity index (χ4v) is 2.20. The monoisotopic (exact) mass is 349 g/mol. The minimum atomic E-state index is -0.995. The average Bonchev–Trinajstić information content (AvgIpc) is 2.58. The van der Waals surface area contributed by atoms with E-state index in [9.17, 15) is 19.6 Å². The number of nitrogens with one attached hydrogen (secondary N) is 1. The quantitative estimate of drug-likeness (QED) is 0.582. The Labute approximate surface area is 148 Å². The van der Waals surface area contributed by atoms with E-state index in [0.29, 0.717) is 6.42 Å². The topological polar surface area (TPSA) is 90.0 Å². The van der Waals surface area contributed by atoms with Crippen LogP contribution in [0.25, 0.3) is 0 Å². The molecular formula is C18H27N3O4. The summed E-state index contributed by atoms with van der Waals surface area (Å²) in [4.78, 5) is 37.7. The highest BCUT2D eigenvalue weighted by atomic mass is 16.5. The van der Waals surface area contributed by atoms with E-state index in [2.05, 4.69) is 5.32 Å². The van der Waals surface area contributed by atoms with Gasteiger partial charge in [0.2, 0.25) is 5.91 Å². The van der Waals surface area contributed by atoms with Gasteiger partial charge in [-0.25, -0.2) is 4.79 Å². The second-order valence-corrected chi connectivity index (χ2v) is 6.56. The molecule has 0 unspecified atom stereocenters. The number of urea groups is 1. The third-order valence-electron chi connectivity index (χ3n) is 3.68. The smallest absolute Gasteiger partial charge is 0.347 e. The van der Waals surface area contributed by atoms with Crippen LogP contribution in [0.5, 0.6) is 0 Å². The first kappa shape index (κ1) is 20.6. The summed E-state index contributed by atoms with van der Waals surface area (Å²) in [6.45, 7) is 3.89. The maximum absolute atomic E-state index is 12.3. The van der Waals surface area contributed by atoms with Crippen molar-refractivity contribution in [3.05, 3.63) is 35.9 Å². The number of rotatable bonds is 7. The molecule has 0 spiro atoms. The maximum atomic E-state index is 12.3. The van der Waals surface area contributed by atoms with Crippen molar-refractivity contribution in [2.75, 3.05) is 14.1 Å². The lowest BCUT2D eigenvalue weighted by Gasteiger charge is -2.23. The largest absolute Gasteiger partial charge is 0.349 e. The van der Waals surface area contributed by atoms with Crippen molar-refractivity contribution in [2.24, 2.45) is 5.92 Å². The van der Waals surface area contributed by atoms with Crippen LogP contribution in [-0.4, -0.2) is 53.2 Å². The predicted octanol–water partition coefficient (Wildman–Crippen LogP) is 2.05. The van der Waals surface area contributed by atoms with E-state index in [-0.39, 0.29) is 29.7 Å². The van der Waals surface area contributed by atoms with E-state index in [1.807, 2.05) is 44.2 Å². The minimum Gasteiger partial charge on any atom is -0.347 e. The molecule has 0 bridgehead atoms. The van der Waals surface area contributed by atoms with Gasteiger partial charge in [0, 0.05) is 26.9 Å². The Kier molecular flexibility index (Phi) is 8.07. The van der Waals surface area contributed by atoms with Crippen LogP contribution >= 0.6 is 0 Å². The van der Waals surface area contributed by atoms with Crippen molar-refractivity contribution < 1.29 is 19.6 Å². The van der Waals surface area contributed by atoms with Crippen LogP contribution in [0.4, 0.5) is 4.79 Å². The summed E-state index contributed by atoms with van der Waals surface area (Å²) in [6, 6.07) is 7.33. The number of nitrogens with zero attached hydrogens (tertiary/aromatic N) is 2. The fraction of sp³-hybridized carbons (Fsp3) is 0.500. The molecule has 25 heavy (non-hydrogen) atoms. The molecule has 0 heterocycles. The van der Waals surface area contributed by atoms with Gasteiger partial charge in [-0.2, -0.15) is 0 Å². The molecule has 0 saturated heterocycles. The Hall–Kier alpha value is -2.41. The number of imide groups is 1. The first-order chi connectivity index (χ1) is 11.7. The summed E-state index contributed by atoms with van der Waals surface area (Å²) >= 11 is 0. The maximum Gasteiger partial charge on any atom is 0.349 e. The van der Waals surface area contributed by atoms with Crippen LogP contribution < -0.4 is 5.32 Å². The van der Waals surface area contributed by atoms with Crippen molar-refractivity contribution >= 4 is 17.8 Å². The van der Waals surface area contributed by atoms with E-state index in [0.717, 1.165) is 5.56 Å². The number of carbonyl (C=O) groups is 3. The first-order valence-corrected chi connectivity index (χ1v) is 8.29. The van der Waals surface area contributed by atoms with Gasteiger partial charge >= 0.3 is 6.03 Å². The highest BCUT2D eigenvalue weighted by Gasteiger charge is 2.27. The van der Waals surface area contributed by atoms with Gasteiger partial charge in [0.1, 0.15) is 6.04 Å². The summed E-state index contributed by atoms with van der Waals surface area (Å²) in [5.74, 6) is -0.733. The van der Waals surface area contributed by atoms with Crippen LogP contribution in [-0.2, 0) is 16.0 Å². The van der Waals surface area contributed by atoms with Crippen molar-refractivity contribution in [3.8, 4) is 0 Å². The summed E-state index contributed by atoms with van der Waals surface area (Å²) in [6.07, 6.45) is 0.886. The number of carbonyl (C=O) groups excluding carboxylic acids is 3. The molecule has 4 amide bonds. The number of hydroxylamine groups is 2. The molecule has 138 valence electrons. The van der Waals surface area contributed by atoms with E-state index in [4.69, 9.17) is 0 Å². The molecule has 1 aromatic rings. The lowest BCUT2D eigenvalue weighted by molar-refractivity contribution is -0.153. The van der Waals surface area contributed by atoms with Crippen LogP contribution in [0.15, 0.2) is 30.3 Å². The van der Waals surface area contributed by atoms with E-state index >= 15 is 0 Å². The standard InChI is InChI=1S/C18H27N3O4/c1-13(2)10-11-16(22)21(25)18(24)19-15(17(23)20(3)4)12-14-8-6-5-7-9-14/h5-9,13,15,25H,10-12H2,1-4H3,(H,19,24)/t15-/m0/s1. The molecule has 1 aromatic carbocycles. The zero-order valence-corrected chi connectivity index (χ0v) is 15.2. The predicted molar refractivity (Wildman–Crippen MR) is 93.9 cm³/mol. The Balaban J connectivity index is 2.77. The number of likely N-dealkylation sites (N-methyl/N-ethyl adjacent to an activating group) is 1. The van der Waals surface area contributed by atoms with Gasteiger partial charge in [-0.1, -0.05) is 44.2 Å². The van der Waals surface area contributed by atoms with Gasteiger partial charge in [0.05, 0.1) is 0 Å². The molecule has 0 saturated carbocycles. The summed E-state index contributed by atoms with van der Waals surface area (Å²) in [5, 5.41) is 12.3. The second-order valence-electron chi connectivity index (χ2n) is 6.56. The Morgan fingerprint density at radius 1 is 1.12 bits per heavy atom. The first-order valence-electron chi connectivity index (χ1n) is 8.29. The Morgan fingerprint density at radius 2 is 1.72 bits per heavy atom. The van der Waals surface area contributed by atoms with Crippen molar-refractivity contribution in [2.45, 2.75) is 39.2 Å². The minimum absolute atomic E-state index is 0.0588. The second kappa shape index (κ2) is 9.78. The van der Waals surface area contributed by atoms with Gasteiger partial charge < -0.3 is 10.2 Å². The number of hydrogen-bond acceptors (Lipinski definition) is 4. The Bertz CT molecular complexity index is 587. The van der Waals surface area contributed by atoms with Gasteiger partial charge in [-0.15, -0.1) is 5.06 Å². The van der Waals surface area contributed by atoms with Gasteiger partial charge in [-0.3, -0.25) is 14.8 Å². The molecule has 0 aliphatic rings. The SMILES string of the molecule is CC(C)CCC(=O)N(O)C(=O)N[C@@H](Cc1ccccc1)C(=O)N(C)C. The molecule has 2 N–H and O–H groups in total. The molecule has 0 aliphatic carbocycles. The average molecular weight is 349 g/mol. The van der Waals surface area contributed by atoms with E-state index < -0.39 is 18.0 Å². The zero-order chi connectivity index (χ0) is 19.0. The van der Waals surface area contributed by atoms with Crippen LogP contribution in [0.2, 0.25) is 0 Å². The van der Waals surface area contributed by atoms with E-state index in [1.54, 1.807) is 14.1 Å². The molecule has 0 fully saturated rings. The lowest BCUT2D eigenvalue weighted by atomic mass is 10.1. The Morgan fingerprint density at radius 3 is 2.24 bits per heavy atom. The molecule has 7 heteroatoms. The molecule has 7 nitrogen and oxygen atoms in total. The highest BCUT2D eigenvalue weighted by molar-refractivity contribution is 5.95. The van der Waals surface area contributed by atoms with Gasteiger partial charge in [0.25, 0.3) is 5.91 Å². The summed E-state index contributed by atoms with van der Waals surface area (Å²) in [7, 11) is 3.16. The van der Waals surface area contributed by atoms with Crippen LogP contribution in [0, 0.1) is 5.92 Å². The van der Waals surface area contributed by atoms with Crippen molar-refractivity contribution in [1.82, 2.24) is 15.3 Å². The van der Waals surface area contributed by atoms with Gasteiger partial charge in [-0.05, 0) is 17.9 Å². The summed E-state index contributed by atoms with van der Waals surface area (Å²) in [5.41, 5.74) is 0.860. The van der Waals surface area contributed by atoms with Crippen LogP contribution in [0.3, 0.4) is 0 Å². The van der Waals surface area contributed by atoms with E-state index in [1.165, 1.54) is 4.90 Å². The van der Waals surface area contributed by atoms with Crippen molar-refractivity contribution in [1.29, 1.82) is 0 Å². The molecule has 0 aliphatic heterocycles. The fourth-order valence-electron chi connectivity index (χ4n) is 2.20. The van der Waals surface area contributed by atoms with Crippen LogP contribution in [0.1, 0.15) is 32.3 Å². The molecule has 1 rings (SSSR count). The molecule has 1 atom stereocenters. The number of benzene rings is 1. The lowest BCUT2D eigenvalue weighted by Crippen LogP contribution is -2.52. The molecule has 0 aromatic heterocycles. The van der Waals surface area contributed by atoms with Gasteiger partial charge in [0.15, 0.2) is 0 Å². The van der Waals surface area contributed by atoms with Crippen molar-refractivity contribution in [3.63, 3.8) is 0 Å². The number of amides is 4. The third-order valence-corrected chi connectivity index (χ3v) is 3.68. The molecular weight excluding hydrogens is 322 g/mol.